The van der Waals surface area contributed by atoms with Gasteiger partial charge in [0.25, 0.3) is 5.91 Å². The van der Waals surface area contributed by atoms with Gasteiger partial charge in [0.2, 0.25) is 11.8 Å². The van der Waals surface area contributed by atoms with E-state index < -0.39 is 18.5 Å². The van der Waals surface area contributed by atoms with Gasteiger partial charge in [0.1, 0.15) is 5.82 Å². The van der Waals surface area contributed by atoms with Crippen LogP contribution in [0.15, 0.2) is 36.4 Å². The van der Waals surface area contributed by atoms with Crippen molar-refractivity contribution in [3.63, 3.8) is 0 Å². The Bertz CT molecular complexity index is 810. The number of ether oxygens (including phenoxy) is 1. The number of carbonyl (C=O) groups excluding carboxylic acids is 4. The number of allylic oxidation sites excluding steroid dienone is 2. The van der Waals surface area contributed by atoms with E-state index in [1.807, 2.05) is 12.2 Å². The molecule has 0 radical (unpaired) electrons. The quantitative estimate of drug-likeness (QED) is 0.427. The molecule has 3 unspecified atom stereocenters. The number of esters is 1. The molecule has 2 aliphatic rings. The first-order valence-electron chi connectivity index (χ1n) is 9.57. The van der Waals surface area contributed by atoms with Crippen LogP contribution in [-0.4, -0.2) is 41.7 Å². The molecule has 1 aliphatic heterocycles. The minimum absolute atomic E-state index is 0.0445. The third-order valence-electron chi connectivity index (χ3n) is 5.25. The van der Waals surface area contributed by atoms with Crippen molar-refractivity contribution in [3.8, 4) is 0 Å². The number of fused-ring (bicyclic) bond motifs is 1. The lowest BCUT2D eigenvalue weighted by Crippen LogP contribution is -2.34. The van der Waals surface area contributed by atoms with E-state index in [0.29, 0.717) is 18.4 Å². The molecule has 1 aromatic rings. The number of carbonyl (C=O) groups is 4. The summed E-state index contributed by atoms with van der Waals surface area (Å²) >= 11 is 0. The van der Waals surface area contributed by atoms with Crippen LogP contribution < -0.4 is 5.32 Å². The van der Waals surface area contributed by atoms with Crippen molar-refractivity contribution in [1.82, 2.24) is 10.2 Å². The van der Waals surface area contributed by atoms with E-state index >= 15 is 0 Å². The van der Waals surface area contributed by atoms with Gasteiger partial charge < -0.3 is 10.1 Å². The number of hydrogen-bond donors (Lipinski definition) is 1. The number of rotatable bonds is 7. The van der Waals surface area contributed by atoms with Crippen LogP contribution in [0.1, 0.15) is 37.8 Å². The lowest BCUT2D eigenvalue weighted by atomic mass is 9.85. The SMILES string of the molecule is CC(NC(=O)COC(=O)CCN1C(=O)C2CC=CCC2C1=O)c1ccc(F)cc1. The Morgan fingerprint density at radius 2 is 1.72 bits per heavy atom. The highest BCUT2D eigenvalue weighted by molar-refractivity contribution is 6.05. The van der Waals surface area contributed by atoms with Crippen molar-refractivity contribution >= 4 is 23.7 Å². The van der Waals surface area contributed by atoms with E-state index in [-0.39, 0.29) is 48.5 Å². The summed E-state index contributed by atoms with van der Waals surface area (Å²) in [5, 5.41) is 2.65. The third kappa shape index (κ3) is 4.88. The molecule has 3 amide bonds. The van der Waals surface area contributed by atoms with Crippen molar-refractivity contribution < 1.29 is 28.3 Å². The van der Waals surface area contributed by atoms with Gasteiger partial charge in [-0.1, -0.05) is 24.3 Å². The third-order valence-corrected chi connectivity index (χ3v) is 5.25. The van der Waals surface area contributed by atoms with Gasteiger partial charge in [-0.2, -0.15) is 0 Å². The minimum Gasteiger partial charge on any atom is -0.456 e. The summed E-state index contributed by atoms with van der Waals surface area (Å²) in [4.78, 5) is 49.7. The Morgan fingerprint density at radius 1 is 1.14 bits per heavy atom. The van der Waals surface area contributed by atoms with Gasteiger partial charge in [0.15, 0.2) is 6.61 Å². The molecule has 8 heteroatoms. The number of hydrogen-bond acceptors (Lipinski definition) is 5. The molecule has 0 spiro atoms. The van der Waals surface area contributed by atoms with E-state index in [1.165, 1.54) is 12.1 Å². The van der Waals surface area contributed by atoms with Crippen LogP contribution in [0.3, 0.4) is 0 Å². The Labute approximate surface area is 167 Å². The van der Waals surface area contributed by atoms with Crippen LogP contribution in [0.2, 0.25) is 0 Å². The largest absolute Gasteiger partial charge is 0.456 e. The summed E-state index contributed by atoms with van der Waals surface area (Å²) in [5.74, 6) is -2.69. The smallest absolute Gasteiger partial charge is 0.308 e. The first kappa shape index (κ1) is 20.7. The lowest BCUT2D eigenvalue weighted by Gasteiger charge is -2.15. The molecule has 0 aromatic heterocycles. The molecule has 1 heterocycles. The van der Waals surface area contributed by atoms with Crippen molar-refractivity contribution in [2.75, 3.05) is 13.2 Å². The Morgan fingerprint density at radius 3 is 2.31 bits per heavy atom. The number of nitrogens with one attached hydrogen (secondary N) is 1. The fraction of sp³-hybridized carbons (Fsp3) is 0.429. The molecular formula is C21H23FN2O5. The highest BCUT2D eigenvalue weighted by Gasteiger charge is 2.46. The second-order valence-electron chi connectivity index (χ2n) is 7.24. The van der Waals surface area contributed by atoms with Gasteiger partial charge in [-0.05, 0) is 37.5 Å². The van der Waals surface area contributed by atoms with Crippen LogP contribution in [-0.2, 0) is 23.9 Å². The molecule has 3 atom stereocenters. The molecule has 1 aromatic carbocycles. The summed E-state index contributed by atoms with van der Waals surface area (Å²) in [6.45, 7) is 1.21. The van der Waals surface area contributed by atoms with Gasteiger partial charge in [-0.15, -0.1) is 0 Å². The van der Waals surface area contributed by atoms with Crippen LogP contribution in [0.4, 0.5) is 4.39 Å². The summed E-state index contributed by atoms with van der Waals surface area (Å²) < 4.78 is 17.9. The fourth-order valence-corrected chi connectivity index (χ4v) is 3.63. The highest BCUT2D eigenvalue weighted by atomic mass is 19.1. The van der Waals surface area contributed by atoms with Crippen LogP contribution >= 0.6 is 0 Å². The lowest BCUT2D eigenvalue weighted by molar-refractivity contribution is -0.150. The summed E-state index contributed by atoms with van der Waals surface area (Å²) in [5.41, 5.74) is 0.716. The molecule has 0 saturated carbocycles. The van der Waals surface area contributed by atoms with Gasteiger partial charge >= 0.3 is 5.97 Å². The standard InChI is InChI=1S/C21H23FN2O5/c1-13(14-6-8-15(22)9-7-14)23-18(25)12-29-19(26)10-11-24-20(27)16-4-2-3-5-17(16)21(24)28/h2-3,6-9,13,16-17H,4-5,10-12H2,1H3,(H,23,25). The van der Waals surface area contributed by atoms with Crippen LogP contribution in [0.5, 0.6) is 0 Å². The average Bonchev–Trinajstić information content (AvgIpc) is 2.95. The van der Waals surface area contributed by atoms with E-state index in [2.05, 4.69) is 5.32 Å². The Balaban J connectivity index is 1.41. The van der Waals surface area contributed by atoms with Crippen molar-refractivity contribution in [2.24, 2.45) is 11.8 Å². The normalized spacial score (nSPS) is 21.7. The number of amides is 3. The number of imide groups is 1. The van der Waals surface area contributed by atoms with Crippen LogP contribution in [0.25, 0.3) is 0 Å². The monoisotopic (exact) mass is 402 g/mol. The topological polar surface area (TPSA) is 92.8 Å². The van der Waals surface area contributed by atoms with Crippen LogP contribution in [0, 0.1) is 17.7 Å². The summed E-state index contributed by atoms with van der Waals surface area (Å²) in [6, 6.07) is 5.34. The fourth-order valence-electron chi connectivity index (χ4n) is 3.63. The minimum atomic E-state index is -0.664. The van der Waals surface area contributed by atoms with E-state index in [1.54, 1.807) is 19.1 Å². The zero-order valence-electron chi connectivity index (χ0n) is 16.1. The van der Waals surface area contributed by atoms with Crippen molar-refractivity contribution in [1.29, 1.82) is 0 Å². The number of benzene rings is 1. The number of halogens is 1. The molecule has 3 rings (SSSR count). The predicted molar refractivity (Wildman–Crippen MR) is 101 cm³/mol. The van der Waals surface area contributed by atoms with Gasteiger partial charge in [0, 0.05) is 6.54 Å². The molecule has 29 heavy (non-hydrogen) atoms. The van der Waals surface area contributed by atoms with Crippen molar-refractivity contribution in [2.45, 2.75) is 32.2 Å². The molecule has 1 fully saturated rings. The van der Waals surface area contributed by atoms with Gasteiger partial charge in [-0.25, -0.2) is 4.39 Å². The molecule has 1 N–H and O–H groups in total. The average molecular weight is 402 g/mol. The molecule has 1 saturated heterocycles. The van der Waals surface area contributed by atoms with Gasteiger partial charge in [0.05, 0.1) is 24.3 Å². The molecule has 7 nitrogen and oxygen atoms in total. The maximum atomic E-state index is 12.9. The molecule has 0 bridgehead atoms. The number of nitrogens with zero attached hydrogens (tertiary/aromatic N) is 1. The zero-order valence-corrected chi connectivity index (χ0v) is 16.1. The highest BCUT2D eigenvalue weighted by Crippen LogP contribution is 2.34. The van der Waals surface area contributed by atoms with E-state index in [9.17, 15) is 23.6 Å². The van der Waals surface area contributed by atoms with E-state index in [4.69, 9.17) is 4.74 Å². The maximum Gasteiger partial charge on any atom is 0.308 e. The first-order valence-corrected chi connectivity index (χ1v) is 9.57. The zero-order chi connectivity index (χ0) is 21.0. The Kier molecular flexibility index (Phi) is 6.41. The van der Waals surface area contributed by atoms with E-state index in [0.717, 1.165) is 4.90 Å². The molecule has 154 valence electrons. The predicted octanol–water partition coefficient (Wildman–Crippen LogP) is 1.89. The number of likely N-dealkylation sites (tertiary alicyclic amines) is 1. The Hall–Kier alpha value is -3.03. The second kappa shape index (κ2) is 8.98. The molecule has 1 aliphatic carbocycles. The summed E-state index contributed by atoms with van der Waals surface area (Å²) in [6.07, 6.45) is 4.72. The van der Waals surface area contributed by atoms with Gasteiger partial charge in [-0.3, -0.25) is 24.1 Å². The molecular weight excluding hydrogens is 379 g/mol. The second-order valence-corrected chi connectivity index (χ2v) is 7.24. The van der Waals surface area contributed by atoms with Crippen molar-refractivity contribution in [3.05, 3.63) is 47.8 Å². The first-order chi connectivity index (χ1) is 13.9. The summed E-state index contributed by atoms with van der Waals surface area (Å²) in [7, 11) is 0. The maximum absolute atomic E-state index is 12.9.